The Hall–Kier alpha value is -1.32. The van der Waals surface area contributed by atoms with Crippen LogP contribution in [-0.4, -0.2) is 18.1 Å². The highest BCUT2D eigenvalue weighted by molar-refractivity contribution is 5.85. The Morgan fingerprint density at radius 1 is 1.21 bits per heavy atom. The number of aromatic nitrogens is 1. The maximum absolute atomic E-state index is 5.61. The van der Waals surface area contributed by atoms with E-state index in [0.29, 0.717) is 6.04 Å². The van der Waals surface area contributed by atoms with E-state index in [1.807, 2.05) is 0 Å². The van der Waals surface area contributed by atoms with Gasteiger partial charge in [0.15, 0.2) is 0 Å². The second kappa shape index (κ2) is 4.66. The molecule has 1 aromatic carbocycles. The van der Waals surface area contributed by atoms with Crippen LogP contribution in [0.1, 0.15) is 42.1 Å². The fourth-order valence-corrected chi connectivity index (χ4v) is 3.40. The Balaban J connectivity index is 1.77. The third-order valence-corrected chi connectivity index (χ3v) is 4.47. The molecule has 0 radical (unpaired) electrons. The van der Waals surface area contributed by atoms with Gasteiger partial charge in [0.2, 0.25) is 0 Å². The fourth-order valence-electron chi connectivity index (χ4n) is 3.40. The molecule has 3 heterocycles. The van der Waals surface area contributed by atoms with Crippen LogP contribution in [0.3, 0.4) is 0 Å². The van der Waals surface area contributed by atoms with Crippen LogP contribution in [0.25, 0.3) is 10.9 Å². The van der Waals surface area contributed by atoms with Crippen molar-refractivity contribution in [3.8, 4) is 0 Å². The van der Waals surface area contributed by atoms with E-state index in [1.54, 1.807) is 0 Å². The first-order valence-corrected chi connectivity index (χ1v) is 7.36. The molecule has 2 aliphatic rings. The molecular formula is C16H20N2O. The van der Waals surface area contributed by atoms with Gasteiger partial charge in [0, 0.05) is 34.6 Å². The number of rotatable bonds is 1. The van der Waals surface area contributed by atoms with E-state index >= 15 is 0 Å². The number of piperidine rings is 1. The van der Waals surface area contributed by atoms with E-state index in [0.717, 1.165) is 26.2 Å². The summed E-state index contributed by atoms with van der Waals surface area (Å²) in [6, 6.07) is 7.41. The van der Waals surface area contributed by atoms with Crippen molar-refractivity contribution in [3.63, 3.8) is 0 Å². The number of H-pyrrole nitrogens is 1. The molecule has 1 fully saturated rings. The molecule has 2 aromatic rings. The molecule has 0 amide bonds. The van der Waals surface area contributed by atoms with E-state index in [4.69, 9.17) is 4.74 Å². The van der Waals surface area contributed by atoms with E-state index in [-0.39, 0.29) is 0 Å². The molecule has 3 heteroatoms. The zero-order valence-corrected chi connectivity index (χ0v) is 11.2. The van der Waals surface area contributed by atoms with Gasteiger partial charge in [-0.05, 0) is 37.1 Å². The first kappa shape index (κ1) is 11.5. The Labute approximate surface area is 113 Å². The van der Waals surface area contributed by atoms with Gasteiger partial charge in [-0.1, -0.05) is 12.5 Å². The van der Waals surface area contributed by atoms with Crippen molar-refractivity contribution in [1.82, 2.24) is 10.3 Å². The molecule has 2 N–H and O–H groups in total. The van der Waals surface area contributed by atoms with Gasteiger partial charge >= 0.3 is 0 Å². The first-order chi connectivity index (χ1) is 9.42. The van der Waals surface area contributed by atoms with Crippen molar-refractivity contribution >= 4 is 10.9 Å². The average molecular weight is 256 g/mol. The Kier molecular flexibility index (Phi) is 2.82. The lowest BCUT2D eigenvalue weighted by Gasteiger charge is -2.24. The maximum Gasteiger partial charge on any atom is 0.0740 e. The van der Waals surface area contributed by atoms with Gasteiger partial charge in [0.05, 0.1) is 13.2 Å². The number of aromatic amines is 1. The molecule has 0 saturated carbocycles. The molecular weight excluding hydrogens is 236 g/mol. The molecule has 19 heavy (non-hydrogen) atoms. The highest BCUT2D eigenvalue weighted by Gasteiger charge is 2.19. The second-order valence-corrected chi connectivity index (χ2v) is 5.69. The second-order valence-electron chi connectivity index (χ2n) is 5.69. The molecule has 1 atom stereocenters. The Bertz CT molecular complexity index is 596. The highest BCUT2D eigenvalue weighted by Crippen LogP contribution is 2.31. The molecule has 0 bridgehead atoms. The lowest BCUT2D eigenvalue weighted by Crippen LogP contribution is -2.26. The molecule has 4 rings (SSSR count). The summed E-state index contributed by atoms with van der Waals surface area (Å²) >= 11 is 0. The third-order valence-electron chi connectivity index (χ3n) is 4.47. The summed E-state index contributed by atoms with van der Waals surface area (Å²) in [5.41, 5.74) is 5.43. The fraction of sp³-hybridized carbons (Fsp3) is 0.500. The van der Waals surface area contributed by atoms with Crippen LogP contribution in [-0.2, 0) is 17.8 Å². The van der Waals surface area contributed by atoms with Crippen LogP contribution in [0.2, 0.25) is 0 Å². The number of hydrogen-bond donors (Lipinski definition) is 2. The lowest BCUT2D eigenvalue weighted by atomic mass is 9.96. The summed E-state index contributed by atoms with van der Waals surface area (Å²) in [5.74, 6) is 0. The van der Waals surface area contributed by atoms with Crippen molar-refractivity contribution in [3.05, 3.63) is 35.0 Å². The van der Waals surface area contributed by atoms with Gasteiger partial charge in [-0.2, -0.15) is 0 Å². The average Bonchev–Trinajstić information content (AvgIpc) is 2.86. The Morgan fingerprint density at radius 3 is 3.11 bits per heavy atom. The number of fused-ring (bicyclic) bond motifs is 3. The molecule has 3 nitrogen and oxygen atoms in total. The smallest absolute Gasteiger partial charge is 0.0740 e. The summed E-state index contributed by atoms with van der Waals surface area (Å²) in [4.78, 5) is 3.55. The molecule has 0 aliphatic carbocycles. The molecule has 1 saturated heterocycles. The molecule has 0 spiro atoms. The number of nitrogens with one attached hydrogen (secondary N) is 2. The molecule has 1 aromatic heterocycles. The molecule has 1 unspecified atom stereocenters. The van der Waals surface area contributed by atoms with Crippen molar-refractivity contribution in [1.29, 1.82) is 0 Å². The van der Waals surface area contributed by atoms with E-state index in [9.17, 15) is 0 Å². The Morgan fingerprint density at radius 2 is 2.21 bits per heavy atom. The van der Waals surface area contributed by atoms with Crippen molar-refractivity contribution in [2.45, 2.75) is 38.3 Å². The standard InChI is InChI=1S/C16H20N2O/c1-2-7-17-14(3-1)11-4-5-15-12(9-11)13-10-19-8-6-16(13)18-15/h4-5,9,14,17-18H,1-3,6-8,10H2. The van der Waals surface area contributed by atoms with Gasteiger partial charge in [0.1, 0.15) is 0 Å². The van der Waals surface area contributed by atoms with E-state index < -0.39 is 0 Å². The summed E-state index contributed by atoms with van der Waals surface area (Å²) in [5, 5.41) is 4.99. The van der Waals surface area contributed by atoms with Crippen LogP contribution in [0.4, 0.5) is 0 Å². The maximum atomic E-state index is 5.61. The van der Waals surface area contributed by atoms with Crippen LogP contribution >= 0.6 is 0 Å². The van der Waals surface area contributed by atoms with Crippen LogP contribution < -0.4 is 5.32 Å². The van der Waals surface area contributed by atoms with E-state index in [2.05, 4.69) is 28.5 Å². The van der Waals surface area contributed by atoms with Gasteiger partial charge in [-0.3, -0.25) is 0 Å². The van der Waals surface area contributed by atoms with Crippen molar-refractivity contribution < 1.29 is 4.74 Å². The number of hydrogen-bond acceptors (Lipinski definition) is 2. The molecule has 100 valence electrons. The third kappa shape index (κ3) is 1.97. The topological polar surface area (TPSA) is 37.0 Å². The molecule has 2 aliphatic heterocycles. The number of benzene rings is 1. The number of ether oxygens (including phenoxy) is 1. The summed E-state index contributed by atoms with van der Waals surface area (Å²) in [6.45, 7) is 2.75. The van der Waals surface area contributed by atoms with Crippen molar-refractivity contribution in [2.75, 3.05) is 13.2 Å². The normalized spacial score (nSPS) is 23.5. The quantitative estimate of drug-likeness (QED) is 0.823. The predicted octanol–water partition coefficient (Wildman–Crippen LogP) is 3.06. The van der Waals surface area contributed by atoms with Crippen LogP contribution in [0, 0.1) is 0 Å². The van der Waals surface area contributed by atoms with Gasteiger partial charge in [-0.25, -0.2) is 0 Å². The largest absolute Gasteiger partial charge is 0.376 e. The minimum atomic E-state index is 0.535. The van der Waals surface area contributed by atoms with Crippen LogP contribution in [0.15, 0.2) is 18.2 Å². The predicted molar refractivity (Wildman–Crippen MR) is 76.3 cm³/mol. The minimum Gasteiger partial charge on any atom is -0.376 e. The highest BCUT2D eigenvalue weighted by atomic mass is 16.5. The summed E-state index contributed by atoms with van der Waals surface area (Å²) in [7, 11) is 0. The zero-order valence-electron chi connectivity index (χ0n) is 11.2. The van der Waals surface area contributed by atoms with Crippen molar-refractivity contribution in [2.24, 2.45) is 0 Å². The summed E-state index contributed by atoms with van der Waals surface area (Å²) in [6.07, 6.45) is 4.92. The monoisotopic (exact) mass is 256 g/mol. The zero-order chi connectivity index (χ0) is 12.7. The SMILES string of the molecule is c1cc2[nH]c3c(c2cc1C1CCCCN1)COCC3. The van der Waals surface area contributed by atoms with Gasteiger partial charge in [0.25, 0.3) is 0 Å². The first-order valence-electron chi connectivity index (χ1n) is 7.36. The van der Waals surface area contributed by atoms with Gasteiger partial charge in [-0.15, -0.1) is 0 Å². The lowest BCUT2D eigenvalue weighted by molar-refractivity contribution is 0.111. The van der Waals surface area contributed by atoms with Gasteiger partial charge < -0.3 is 15.0 Å². The van der Waals surface area contributed by atoms with Crippen LogP contribution in [0.5, 0.6) is 0 Å². The summed E-state index contributed by atoms with van der Waals surface area (Å²) < 4.78 is 5.61. The van der Waals surface area contributed by atoms with E-state index in [1.165, 1.54) is 47.0 Å². The minimum absolute atomic E-state index is 0.535.